The predicted molar refractivity (Wildman–Crippen MR) is 38.4 cm³/mol. The van der Waals surface area contributed by atoms with Crippen LogP contribution in [0, 0.1) is 0 Å². The third kappa shape index (κ3) is 0.881. The van der Waals surface area contributed by atoms with Gasteiger partial charge >= 0.3 is 0 Å². The predicted octanol–water partition coefficient (Wildman–Crippen LogP) is 0.542. The lowest BCUT2D eigenvalue weighted by Gasteiger charge is -1.85. The van der Waals surface area contributed by atoms with E-state index in [0.29, 0.717) is 12.0 Å². The molecule has 0 N–H and O–H groups in total. The topological polar surface area (TPSA) is 47.3 Å². The van der Waals surface area contributed by atoms with Crippen molar-refractivity contribution in [2.75, 3.05) is 0 Å². The van der Waals surface area contributed by atoms with Crippen molar-refractivity contribution in [3.05, 3.63) is 30.1 Å². The molecule has 4 nitrogen and oxygen atoms in total. The summed E-state index contributed by atoms with van der Waals surface area (Å²) in [5.74, 6) is 0. The number of fused-ring (bicyclic) bond motifs is 1. The summed E-state index contributed by atoms with van der Waals surface area (Å²) in [6, 6.07) is 5.32. The van der Waals surface area contributed by atoms with Crippen LogP contribution < -0.4 is 0 Å². The lowest BCUT2D eigenvalue weighted by molar-refractivity contribution is 0.111. The third-order valence-electron chi connectivity index (χ3n) is 1.39. The lowest BCUT2D eigenvalue weighted by atomic mass is 10.4. The van der Waals surface area contributed by atoms with Crippen molar-refractivity contribution in [2.45, 2.75) is 0 Å². The fourth-order valence-electron chi connectivity index (χ4n) is 0.913. The summed E-state index contributed by atoms with van der Waals surface area (Å²) >= 11 is 0. The average molecular weight is 147 g/mol. The molecule has 54 valence electrons. The van der Waals surface area contributed by atoms with Crippen molar-refractivity contribution in [3.63, 3.8) is 0 Å². The van der Waals surface area contributed by atoms with Gasteiger partial charge in [0.15, 0.2) is 6.29 Å². The number of aldehydes is 1. The van der Waals surface area contributed by atoms with Gasteiger partial charge in [-0.2, -0.15) is 9.73 Å². The van der Waals surface area contributed by atoms with E-state index in [1.165, 1.54) is 4.63 Å². The average Bonchev–Trinajstić information content (AvgIpc) is 2.46. The lowest BCUT2D eigenvalue weighted by Crippen LogP contribution is -1.91. The smallest absolute Gasteiger partial charge is 0.170 e. The molecule has 4 heteroatoms. The first-order valence-electron chi connectivity index (χ1n) is 3.16. The second-order valence-corrected chi connectivity index (χ2v) is 2.13. The number of rotatable bonds is 1. The van der Waals surface area contributed by atoms with Gasteiger partial charge in [-0.05, 0) is 18.2 Å². The molecule has 0 unspecified atom stereocenters. The fraction of sp³-hybridized carbons (Fsp3) is 0. The summed E-state index contributed by atoms with van der Waals surface area (Å²) in [5.41, 5.74) is 1.23. The molecular formula is C7H5N3O. The molecule has 0 saturated carbocycles. The highest BCUT2D eigenvalue weighted by Crippen LogP contribution is 2.00. The van der Waals surface area contributed by atoms with E-state index in [2.05, 4.69) is 10.2 Å². The van der Waals surface area contributed by atoms with Crippen LogP contribution in [-0.2, 0) is 0 Å². The highest BCUT2D eigenvalue weighted by atomic mass is 16.1. The van der Waals surface area contributed by atoms with Crippen LogP contribution in [0.3, 0.4) is 0 Å². The minimum absolute atomic E-state index is 0.406. The molecule has 0 aromatic carbocycles. The molecule has 0 radical (unpaired) electrons. The number of aromatic nitrogens is 3. The van der Waals surface area contributed by atoms with E-state index in [4.69, 9.17) is 0 Å². The molecule has 2 aromatic rings. The highest BCUT2D eigenvalue weighted by Gasteiger charge is 1.97. The third-order valence-corrected chi connectivity index (χ3v) is 1.39. The molecule has 2 aromatic heterocycles. The zero-order valence-electron chi connectivity index (χ0n) is 5.64. The second kappa shape index (κ2) is 2.16. The minimum Gasteiger partial charge on any atom is -0.296 e. The number of carbonyl (C=O) groups is 1. The van der Waals surface area contributed by atoms with Gasteiger partial charge in [0, 0.05) is 6.20 Å². The Bertz CT molecular complexity index is 360. The van der Waals surface area contributed by atoms with Crippen LogP contribution in [0.2, 0.25) is 0 Å². The molecular weight excluding hydrogens is 142 g/mol. The number of hydrogen-bond donors (Lipinski definition) is 0. The van der Waals surface area contributed by atoms with Gasteiger partial charge in [-0.3, -0.25) is 4.79 Å². The molecule has 0 aliphatic rings. The summed E-state index contributed by atoms with van der Waals surface area (Å²) in [5, 5.41) is 7.77. The molecule has 2 heterocycles. The Labute approximate surface area is 62.5 Å². The zero-order valence-corrected chi connectivity index (χ0v) is 5.64. The van der Waals surface area contributed by atoms with Crippen molar-refractivity contribution in [1.82, 2.24) is 14.8 Å². The first kappa shape index (κ1) is 6.03. The van der Waals surface area contributed by atoms with Crippen molar-refractivity contribution in [3.8, 4) is 0 Å². The van der Waals surface area contributed by atoms with Crippen LogP contribution in [0.15, 0.2) is 24.4 Å². The van der Waals surface area contributed by atoms with Gasteiger partial charge in [-0.1, -0.05) is 0 Å². The Kier molecular flexibility index (Phi) is 1.18. The molecule has 0 saturated heterocycles. The minimum atomic E-state index is 0.406. The number of nitrogens with zero attached hydrogens (tertiary/aromatic N) is 3. The quantitative estimate of drug-likeness (QED) is 0.553. The van der Waals surface area contributed by atoms with E-state index in [1.807, 2.05) is 6.07 Å². The van der Waals surface area contributed by atoms with Crippen LogP contribution in [0.1, 0.15) is 10.5 Å². The summed E-state index contributed by atoms with van der Waals surface area (Å²) in [4.78, 5) is 10.3. The van der Waals surface area contributed by atoms with Crippen molar-refractivity contribution >= 4 is 11.8 Å². The molecule has 0 atom stereocenters. The van der Waals surface area contributed by atoms with Gasteiger partial charge in [0.05, 0.1) is 5.52 Å². The Morgan fingerprint density at radius 2 is 2.45 bits per heavy atom. The van der Waals surface area contributed by atoms with Gasteiger partial charge in [0.1, 0.15) is 5.69 Å². The van der Waals surface area contributed by atoms with Gasteiger partial charge in [-0.25, -0.2) is 0 Å². The van der Waals surface area contributed by atoms with E-state index in [0.717, 1.165) is 5.52 Å². The highest BCUT2D eigenvalue weighted by molar-refractivity contribution is 5.74. The van der Waals surface area contributed by atoms with Gasteiger partial charge in [-0.15, -0.1) is 5.10 Å². The summed E-state index contributed by atoms with van der Waals surface area (Å²) < 4.78 is 1.42. The molecule has 2 rings (SSSR count). The van der Waals surface area contributed by atoms with Crippen LogP contribution in [-0.4, -0.2) is 21.1 Å². The Hall–Kier alpha value is -1.71. The maximum absolute atomic E-state index is 10.3. The van der Waals surface area contributed by atoms with Crippen LogP contribution >= 0.6 is 0 Å². The number of hydrogen-bond acceptors (Lipinski definition) is 3. The second-order valence-electron chi connectivity index (χ2n) is 2.13. The maximum Gasteiger partial charge on any atom is 0.170 e. The molecule has 0 amide bonds. The van der Waals surface area contributed by atoms with E-state index in [1.54, 1.807) is 18.3 Å². The van der Waals surface area contributed by atoms with E-state index in [9.17, 15) is 4.79 Å². The van der Waals surface area contributed by atoms with E-state index in [-0.39, 0.29) is 0 Å². The van der Waals surface area contributed by atoms with Crippen molar-refractivity contribution in [2.24, 2.45) is 0 Å². The normalized spacial score (nSPS) is 10.2. The van der Waals surface area contributed by atoms with Gasteiger partial charge in [0.25, 0.3) is 0 Å². The first-order valence-corrected chi connectivity index (χ1v) is 3.16. The summed E-state index contributed by atoms with van der Waals surface area (Å²) in [7, 11) is 0. The molecule has 0 aliphatic heterocycles. The Morgan fingerprint density at radius 3 is 3.18 bits per heavy atom. The van der Waals surface area contributed by atoms with Crippen LogP contribution in [0.5, 0.6) is 0 Å². The zero-order chi connectivity index (χ0) is 7.68. The van der Waals surface area contributed by atoms with Crippen molar-refractivity contribution in [1.29, 1.82) is 0 Å². The summed E-state index contributed by atoms with van der Waals surface area (Å²) in [6.45, 7) is 0. The van der Waals surface area contributed by atoms with E-state index < -0.39 is 0 Å². The van der Waals surface area contributed by atoms with Crippen molar-refractivity contribution < 1.29 is 4.79 Å². The van der Waals surface area contributed by atoms with Gasteiger partial charge in [0.2, 0.25) is 0 Å². The fourth-order valence-corrected chi connectivity index (χ4v) is 0.913. The number of carbonyl (C=O) groups excluding carboxylic acids is 1. The largest absolute Gasteiger partial charge is 0.296 e. The Morgan fingerprint density at radius 1 is 1.55 bits per heavy atom. The Balaban J connectivity index is 2.78. The first-order chi connectivity index (χ1) is 5.40. The molecule has 0 fully saturated rings. The molecule has 0 spiro atoms. The monoisotopic (exact) mass is 147 g/mol. The van der Waals surface area contributed by atoms with Crippen LogP contribution in [0.4, 0.5) is 0 Å². The van der Waals surface area contributed by atoms with E-state index >= 15 is 0 Å². The standard InChI is InChI=1S/C7H5N3O/c11-5-6-4-7-2-1-3-8-10(7)9-6/h1-5H. The SMILES string of the molecule is O=Cc1cc2cccnn2n1. The molecule has 0 aliphatic carbocycles. The van der Waals surface area contributed by atoms with Crippen LogP contribution in [0.25, 0.3) is 5.52 Å². The maximum atomic E-state index is 10.3. The molecule has 0 bridgehead atoms. The van der Waals surface area contributed by atoms with Gasteiger partial charge < -0.3 is 0 Å². The summed E-state index contributed by atoms with van der Waals surface area (Å²) in [6.07, 6.45) is 2.32. The molecule has 11 heavy (non-hydrogen) atoms.